The zero-order valence-corrected chi connectivity index (χ0v) is 24.9. The maximum atomic E-state index is 13.2. The number of anilines is 1. The second-order valence-electron chi connectivity index (χ2n) is 11.4. The molecule has 0 saturated carbocycles. The lowest BCUT2D eigenvalue weighted by Gasteiger charge is -2.44. The number of aromatic nitrogens is 3. The largest absolute Gasteiger partial charge is 0.598 e. The van der Waals surface area contributed by atoms with Crippen LogP contribution in [0.15, 0.2) is 42.7 Å². The number of fused-ring (bicyclic) bond motifs is 1. The van der Waals surface area contributed by atoms with Crippen LogP contribution in [0.5, 0.6) is 5.88 Å². The smallest absolute Gasteiger partial charge is 0.232 e. The highest BCUT2D eigenvalue weighted by Crippen LogP contribution is 2.53. The van der Waals surface area contributed by atoms with Gasteiger partial charge in [-0.15, -0.1) is 4.72 Å². The summed E-state index contributed by atoms with van der Waals surface area (Å²) >= 11 is 5.18. The van der Waals surface area contributed by atoms with Crippen LogP contribution in [-0.2, 0) is 24.4 Å². The average Bonchev–Trinajstić information content (AvgIpc) is 3.24. The molecule has 1 aromatic carbocycles. The molecular formula is C30H36ClN5O3S. The number of benzene rings is 1. The molecule has 2 aromatic heterocycles. The van der Waals surface area contributed by atoms with Crippen molar-refractivity contribution in [1.29, 1.82) is 0 Å². The molecule has 2 atom stereocenters. The molecule has 0 amide bonds. The highest BCUT2D eigenvalue weighted by molar-refractivity contribution is 7.90. The van der Waals surface area contributed by atoms with Crippen molar-refractivity contribution in [2.75, 3.05) is 25.1 Å². The van der Waals surface area contributed by atoms with E-state index in [1.165, 1.54) is 18.2 Å². The molecule has 2 aliphatic rings. The van der Waals surface area contributed by atoms with Crippen molar-refractivity contribution in [3.63, 3.8) is 0 Å². The normalized spacial score (nSPS) is 19.3. The Morgan fingerprint density at radius 1 is 1.20 bits per heavy atom. The number of rotatable bonds is 7. The van der Waals surface area contributed by atoms with Crippen LogP contribution in [0.3, 0.4) is 0 Å². The van der Waals surface area contributed by atoms with Gasteiger partial charge in [-0.05, 0) is 63.3 Å². The Balaban J connectivity index is 1.33. The third-order valence-electron chi connectivity index (χ3n) is 7.87. The first-order valence-electron chi connectivity index (χ1n) is 13.5. The monoisotopic (exact) mass is 581 g/mol. The van der Waals surface area contributed by atoms with Crippen LogP contribution in [0.25, 0.3) is 12.2 Å². The van der Waals surface area contributed by atoms with E-state index in [0.717, 1.165) is 37.9 Å². The van der Waals surface area contributed by atoms with E-state index in [9.17, 15) is 9.66 Å². The Bertz CT molecular complexity index is 1390. The van der Waals surface area contributed by atoms with Crippen molar-refractivity contribution in [2.24, 2.45) is 5.41 Å². The zero-order chi connectivity index (χ0) is 28.5. The van der Waals surface area contributed by atoms with Gasteiger partial charge in [-0.1, -0.05) is 41.9 Å². The number of nitrogens with zero attached hydrogens (tertiary/aromatic N) is 4. The van der Waals surface area contributed by atoms with E-state index in [2.05, 4.69) is 43.9 Å². The molecule has 8 nitrogen and oxygen atoms in total. The molecule has 1 saturated heterocycles. The quantitative estimate of drug-likeness (QED) is 0.370. The molecule has 3 heterocycles. The number of piperidine rings is 1. The highest BCUT2D eigenvalue weighted by atomic mass is 35.5. The molecule has 1 unspecified atom stereocenters. The van der Waals surface area contributed by atoms with E-state index in [-0.39, 0.29) is 22.8 Å². The van der Waals surface area contributed by atoms with Gasteiger partial charge < -0.3 is 19.3 Å². The molecule has 1 fully saturated rings. The Morgan fingerprint density at radius 2 is 1.95 bits per heavy atom. The predicted octanol–water partition coefficient (Wildman–Crippen LogP) is 5.13. The van der Waals surface area contributed by atoms with Gasteiger partial charge >= 0.3 is 0 Å². The van der Waals surface area contributed by atoms with Gasteiger partial charge in [0.2, 0.25) is 5.88 Å². The summed E-state index contributed by atoms with van der Waals surface area (Å²) < 4.78 is 21.5. The van der Waals surface area contributed by atoms with Crippen molar-refractivity contribution >= 4 is 40.9 Å². The number of hydrogen-bond donors (Lipinski definition) is 2. The molecule has 5 rings (SSSR count). The van der Waals surface area contributed by atoms with Crippen LogP contribution in [0, 0.1) is 5.41 Å². The number of halogens is 1. The standard InChI is InChI=1S/C30H36ClN5O3S/c1-29(2,3)40(38)35-26-23-8-6-5-7-21(23)17-30(26)12-15-36(16-13-30)27-24(19-37)34-22(18-33-27)10-9-20-11-14-32-28(39-4)25(20)31/h5-11,14,18,26,35,37H,12-13,15-17,19H2,1-4H3/b10-9-/t26-,40?/m1/s1. The topological polar surface area (TPSA) is 106 Å². The second-order valence-corrected chi connectivity index (χ2v) is 13.8. The van der Waals surface area contributed by atoms with Crippen LogP contribution in [-0.4, -0.2) is 49.6 Å². The molecule has 212 valence electrons. The van der Waals surface area contributed by atoms with Crippen molar-refractivity contribution in [3.8, 4) is 5.88 Å². The van der Waals surface area contributed by atoms with Crippen molar-refractivity contribution in [1.82, 2.24) is 19.7 Å². The number of aliphatic hydroxyl groups excluding tert-OH is 1. The summed E-state index contributed by atoms with van der Waals surface area (Å²) in [6, 6.07) is 10.3. The first-order valence-corrected chi connectivity index (χ1v) is 15.0. The predicted molar refractivity (Wildman–Crippen MR) is 160 cm³/mol. The van der Waals surface area contributed by atoms with E-state index in [4.69, 9.17) is 21.3 Å². The number of pyridine rings is 1. The lowest BCUT2D eigenvalue weighted by Crippen LogP contribution is -2.50. The lowest BCUT2D eigenvalue weighted by atomic mass is 9.73. The molecule has 0 radical (unpaired) electrons. The molecule has 2 N–H and O–H groups in total. The fraction of sp³-hybridized carbons (Fsp3) is 0.433. The molecule has 40 heavy (non-hydrogen) atoms. The maximum absolute atomic E-state index is 13.2. The van der Waals surface area contributed by atoms with Crippen molar-refractivity contribution < 1.29 is 14.4 Å². The van der Waals surface area contributed by atoms with E-state index in [0.29, 0.717) is 28.1 Å². The van der Waals surface area contributed by atoms with Gasteiger partial charge in [-0.3, -0.25) is 0 Å². The molecule has 1 aliphatic heterocycles. The van der Waals surface area contributed by atoms with Gasteiger partial charge in [0.15, 0.2) is 5.82 Å². The summed E-state index contributed by atoms with van der Waals surface area (Å²) in [6.07, 6.45) is 9.77. The first-order chi connectivity index (χ1) is 19.1. The third kappa shape index (κ3) is 5.71. The van der Waals surface area contributed by atoms with Crippen LogP contribution in [0.2, 0.25) is 5.02 Å². The number of nitrogens with one attached hydrogen (secondary N) is 1. The van der Waals surface area contributed by atoms with Crippen molar-refractivity contribution in [2.45, 2.75) is 57.4 Å². The molecule has 10 heteroatoms. The van der Waals surface area contributed by atoms with E-state index < -0.39 is 11.4 Å². The van der Waals surface area contributed by atoms with Crippen LogP contribution in [0.1, 0.15) is 67.7 Å². The Morgan fingerprint density at radius 3 is 2.65 bits per heavy atom. The van der Waals surface area contributed by atoms with E-state index in [1.807, 2.05) is 32.9 Å². The fourth-order valence-electron chi connectivity index (χ4n) is 5.66. The highest BCUT2D eigenvalue weighted by Gasteiger charge is 2.50. The summed E-state index contributed by atoms with van der Waals surface area (Å²) in [7, 11) is 1.52. The summed E-state index contributed by atoms with van der Waals surface area (Å²) in [5.41, 5.74) is 4.47. The Hall–Kier alpha value is -2.69. The number of methoxy groups -OCH3 is 1. The van der Waals surface area contributed by atoms with Gasteiger partial charge in [0.25, 0.3) is 0 Å². The van der Waals surface area contributed by atoms with Crippen LogP contribution >= 0.6 is 11.6 Å². The summed E-state index contributed by atoms with van der Waals surface area (Å²) in [6.45, 7) is 7.35. The Kier molecular flexibility index (Phi) is 8.40. The molecule has 1 aliphatic carbocycles. The minimum absolute atomic E-state index is 0.0263. The van der Waals surface area contributed by atoms with Gasteiger partial charge in [0.1, 0.15) is 15.5 Å². The Labute approximate surface area is 244 Å². The number of hydrogen-bond acceptors (Lipinski definition) is 8. The minimum atomic E-state index is -1.18. The average molecular weight is 582 g/mol. The van der Waals surface area contributed by atoms with E-state index >= 15 is 0 Å². The molecule has 0 bridgehead atoms. The zero-order valence-electron chi connectivity index (χ0n) is 23.4. The second kappa shape index (κ2) is 11.7. The van der Waals surface area contributed by atoms with Gasteiger partial charge in [0, 0.05) is 41.6 Å². The third-order valence-corrected chi connectivity index (χ3v) is 9.81. The fourth-order valence-corrected chi connectivity index (χ4v) is 6.86. The van der Waals surface area contributed by atoms with E-state index in [1.54, 1.807) is 18.5 Å². The lowest BCUT2D eigenvalue weighted by molar-refractivity contribution is 0.175. The molecule has 3 aromatic rings. The SMILES string of the molecule is COc1nccc(/C=C\c2cnc(N3CCC4(CC3)Cc3ccccc3[C@H]4N[S+]([O-])C(C)(C)C)c(CO)n2)c1Cl. The number of aliphatic hydroxyl groups is 1. The number of ether oxygens (including phenoxy) is 1. The van der Waals surface area contributed by atoms with Gasteiger partial charge in [0.05, 0.1) is 31.6 Å². The molecule has 1 spiro atoms. The summed E-state index contributed by atoms with van der Waals surface area (Å²) in [4.78, 5) is 15.7. The summed E-state index contributed by atoms with van der Waals surface area (Å²) in [5, 5.41) is 10.6. The minimum Gasteiger partial charge on any atom is -0.598 e. The van der Waals surface area contributed by atoms with Crippen LogP contribution < -0.4 is 14.4 Å². The molecular weight excluding hydrogens is 546 g/mol. The maximum Gasteiger partial charge on any atom is 0.232 e. The van der Waals surface area contributed by atoms with Gasteiger partial charge in [-0.25, -0.2) is 15.0 Å². The van der Waals surface area contributed by atoms with Gasteiger partial charge in [-0.2, -0.15) is 0 Å². The van der Waals surface area contributed by atoms with Crippen LogP contribution in [0.4, 0.5) is 5.82 Å². The summed E-state index contributed by atoms with van der Waals surface area (Å²) in [5.74, 6) is 1.06. The van der Waals surface area contributed by atoms with Crippen molar-refractivity contribution in [3.05, 3.63) is 75.8 Å². The first kappa shape index (κ1) is 28.8.